The average molecular weight is 432 g/mol. The molecular formula is C24H21N3O3S. The molecule has 7 heteroatoms. The van der Waals surface area contributed by atoms with Crippen LogP contribution in [0.2, 0.25) is 0 Å². The number of aromatic nitrogens is 1. The molecule has 1 aliphatic heterocycles. The van der Waals surface area contributed by atoms with E-state index in [4.69, 9.17) is 4.74 Å². The number of nitrogens with zero attached hydrogens (tertiary/aromatic N) is 3. The quantitative estimate of drug-likeness (QED) is 0.426. The zero-order valence-electron chi connectivity index (χ0n) is 17.7. The summed E-state index contributed by atoms with van der Waals surface area (Å²) in [5.74, 6) is -0.387. The van der Waals surface area contributed by atoms with Crippen LogP contribution in [0.4, 0.5) is 10.8 Å². The van der Waals surface area contributed by atoms with Gasteiger partial charge in [-0.15, -0.1) is 11.3 Å². The zero-order chi connectivity index (χ0) is 22.1. The van der Waals surface area contributed by atoms with Gasteiger partial charge in [0.25, 0.3) is 0 Å². The first-order chi connectivity index (χ1) is 14.8. The number of rotatable bonds is 4. The summed E-state index contributed by atoms with van der Waals surface area (Å²) in [7, 11) is 0. The smallest absolute Gasteiger partial charge is 0.363 e. The molecule has 0 bridgehead atoms. The molecule has 0 atom stereocenters. The van der Waals surface area contributed by atoms with E-state index in [9.17, 15) is 9.59 Å². The summed E-state index contributed by atoms with van der Waals surface area (Å²) >= 11 is 1.33. The number of esters is 1. The van der Waals surface area contributed by atoms with E-state index in [1.54, 1.807) is 16.4 Å². The van der Waals surface area contributed by atoms with Gasteiger partial charge in [-0.25, -0.2) is 14.8 Å². The van der Waals surface area contributed by atoms with Crippen LogP contribution < -0.4 is 4.90 Å². The minimum Gasteiger partial charge on any atom is -0.402 e. The Kier molecular flexibility index (Phi) is 5.52. The maximum atomic E-state index is 12.4. The molecule has 0 radical (unpaired) electrons. The highest BCUT2D eigenvalue weighted by Crippen LogP contribution is 2.33. The van der Waals surface area contributed by atoms with Gasteiger partial charge in [0.05, 0.1) is 11.4 Å². The average Bonchev–Trinajstić information content (AvgIpc) is 3.32. The summed E-state index contributed by atoms with van der Waals surface area (Å²) in [6, 6.07) is 13.4. The van der Waals surface area contributed by atoms with Crippen LogP contribution in [0.5, 0.6) is 0 Å². The molecule has 0 spiro atoms. The Morgan fingerprint density at radius 3 is 2.65 bits per heavy atom. The Morgan fingerprint density at radius 2 is 1.90 bits per heavy atom. The minimum absolute atomic E-state index is 0.137. The second-order valence-corrected chi connectivity index (χ2v) is 8.17. The lowest BCUT2D eigenvalue weighted by molar-refractivity contribution is -0.130. The van der Waals surface area contributed by atoms with Crippen LogP contribution in [0.3, 0.4) is 0 Å². The van der Waals surface area contributed by atoms with E-state index in [0.29, 0.717) is 10.8 Å². The molecule has 3 aromatic rings. The van der Waals surface area contributed by atoms with Crippen molar-refractivity contribution in [1.82, 2.24) is 4.98 Å². The third-order valence-electron chi connectivity index (χ3n) is 5.00. The van der Waals surface area contributed by atoms with Crippen LogP contribution >= 0.6 is 11.3 Å². The number of ether oxygens (including phenoxy) is 1. The molecule has 0 aliphatic carbocycles. The van der Waals surface area contributed by atoms with Crippen LogP contribution in [0.15, 0.2) is 58.5 Å². The van der Waals surface area contributed by atoms with E-state index in [1.807, 2.05) is 63.2 Å². The minimum atomic E-state index is -0.524. The van der Waals surface area contributed by atoms with Gasteiger partial charge in [0, 0.05) is 17.9 Å². The number of cyclic esters (lactones) is 1. The molecule has 0 unspecified atom stereocenters. The first-order valence-electron chi connectivity index (χ1n) is 9.75. The van der Waals surface area contributed by atoms with E-state index in [-0.39, 0.29) is 17.5 Å². The standard InChI is InChI=1S/C24H21N3O3S/c1-14-7-5-9-18(11-14)22-26-20(23(29)30-22)12-19-13-31-24(25-19)27(17(4)28)21-10-6-8-15(2)16(21)3/h5-13H,1-4H3. The van der Waals surface area contributed by atoms with Gasteiger partial charge in [0.1, 0.15) is 0 Å². The van der Waals surface area contributed by atoms with E-state index in [1.165, 1.54) is 18.3 Å². The van der Waals surface area contributed by atoms with Gasteiger partial charge in [0.2, 0.25) is 11.8 Å². The Labute approximate surface area is 184 Å². The Hall–Kier alpha value is -3.58. The molecule has 2 aromatic carbocycles. The fraction of sp³-hybridized carbons (Fsp3) is 0.167. The second-order valence-electron chi connectivity index (χ2n) is 7.33. The number of benzene rings is 2. The number of hydrogen-bond acceptors (Lipinski definition) is 6. The molecule has 0 fully saturated rings. The van der Waals surface area contributed by atoms with Crippen molar-refractivity contribution in [3.63, 3.8) is 0 Å². The maximum Gasteiger partial charge on any atom is 0.363 e. The van der Waals surface area contributed by atoms with E-state index >= 15 is 0 Å². The highest BCUT2D eigenvalue weighted by atomic mass is 32.1. The number of carbonyl (C=O) groups excluding carboxylic acids is 2. The topological polar surface area (TPSA) is 71.9 Å². The summed E-state index contributed by atoms with van der Waals surface area (Å²) in [4.78, 5) is 35.2. The van der Waals surface area contributed by atoms with Gasteiger partial charge in [-0.05, 0) is 56.2 Å². The van der Waals surface area contributed by atoms with Crippen molar-refractivity contribution >= 4 is 46.0 Å². The van der Waals surface area contributed by atoms with Crippen molar-refractivity contribution in [2.24, 2.45) is 4.99 Å². The van der Waals surface area contributed by atoms with E-state index < -0.39 is 5.97 Å². The fourth-order valence-corrected chi connectivity index (χ4v) is 4.12. The molecule has 6 nitrogen and oxygen atoms in total. The number of carbonyl (C=O) groups is 2. The second kappa shape index (κ2) is 8.28. The molecule has 1 amide bonds. The van der Waals surface area contributed by atoms with E-state index in [2.05, 4.69) is 9.98 Å². The van der Waals surface area contributed by atoms with Crippen molar-refractivity contribution in [2.75, 3.05) is 4.90 Å². The summed E-state index contributed by atoms with van der Waals surface area (Å²) in [6.45, 7) is 7.46. The number of amides is 1. The molecule has 2 heterocycles. The van der Waals surface area contributed by atoms with Gasteiger partial charge in [0.15, 0.2) is 10.8 Å². The van der Waals surface area contributed by atoms with Gasteiger partial charge in [-0.3, -0.25) is 9.69 Å². The van der Waals surface area contributed by atoms with Gasteiger partial charge in [-0.2, -0.15) is 0 Å². The molecule has 1 aliphatic rings. The Balaban J connectivity index is 1.66. The highest BCUT2D eigenvalue weighted by molar-refractivity contribution is 7.14. The normalized spacial score (nSPS) is 14.5. The first-order valence-corrected chi connectivity index (χ1v) is 10.6. The summed E-state index contributed by atoms with van der Waals surface area (Å²) < 4.78 is 5.33. The van der Waals surface area contributed by atoms with Crippen LogP contribution in [0.1, 0.15) is 34.9 Å². The van der Waals surface area contributed by atoms with Crippen LogP contribution in [0, 0.1) is 20.8 Å². The van der Waals surface area contributed by atoms with Crippen LogP contribution in [0.25, 0.3) is 6.08 Å². The third-order valence-corrected chi connectivity index (χ3v) is 5.85. The van der Waals surface area contributed by atoms with E-state index in [0.717, 1.165) is 27.9 Å². The van der Waals surface area contributed by atoms with Crippen molar-refractivity contribution in [1.29, 1.82) is 0 Å². The van der Waals surface area contributed by atoms with Crippen molar-refractivity contribution < 1.29 is 14.3 Å². The zero-order valence-corrected chi connectivity index (χ0v) is 18.5. The molecule has 0 saturated carbocycles. The lowest BCUT2D eigenvalue weighted by atomic mass is 10.1. The molecular weight excluding hydrogens is 410 g/mol. The Bertz CT molecular complexity index is 1260. The van der Waals surface area contributed by atoms with Crippen molar-refractivity contribution in [3.8, 4) is 0 Å². The lowest BCUT2D eigenvalue weighted by Gasteiger charge is -2.21. The summed E-state index contributed by atoms with van der Waals surface area (Å²) in [5, 5.41) is 2.32. The molecule has 31 heavy (non-hydrogen) atoms. The van der Waals surface area contributed by atoms with Crippen molar-refractivity contribution in [3.05, 3.63) is 81.5 Å². The molecule has 1 aromatic heterocycles. The highest BCUT2D eigenvalue weighted by Gasteiger charge is 2.25. The number of anilines is 2. The van der Waals surface area contributed by atoms with Crippen molar-refractivity contribution in [2.45, 2.75) is 27.7 Å². The van der Waals surface area contributed by atoms with Crippen LogP contribution in [-0.4, -0.2) is 22.8 Å². The Morgan fingerprint density at radius 1 is 1.13 bits per heavy atom. The molecule has 0 saturated heterocycles. The summed E-state index contributed by atoms with van der Waals surface area (Å²) in [5.41, 5.74) is 5.41. The predicted octanol–water partition coefficient (Wildman–Crippen LogP) is 5.10. The molecule has 0 N–H and O–H groups in total. The fourth-order valence-electron chi connectivity index (χ4n) is 3.28. The largest absolute Gasteiger partial charge is 0.402 e. The lowest BCUT2D eigenvalue weighted by Crippen LogP contribution is -2.23. The first kappa shape index (κ1) is 20.7. The van der Waals surface area contributed by atoms with Crippen LogP contribution in [-0.2, 0) is 14.3 Å². The monoisotopic (exact) mass is 431 g/mol. The molecule has 156 valence electrons. The number of thiazole rings is 1. The third kappa shape index (κ3) is 4.18. The van der Waals surface area contributed by atoms with Gasteiger partial charge < -0.3 is 4.74 Å². The SMILES string of the molecule is CC(=O)N(c1nc(C=C2N=C(c3cccc(C)c3)OC2=O)cs1)c1cccc(C)c1C. The van der Waals surface area contributed by atoms with Gasteiger partial charge >= 0.3 is 5.97 Å². The molecule has 4 rings (SSSR count). The number of hydrogen-bond donors (Lipinski definition) is 0. The number of aryl methyl sites for hydroxylation is 2. The number of aliphatic imine (C=N–C) groups is 1. The summed E-state index contributed by atoms with van der Waals surface area (Å²) in [6.07, 6.45) is 1.58. The predicted molar refractivity (Wildman–Crippen MR) is 123 cm³/mol. The van der Waals surface area contributed by atoms with Gasteiger partial charge in [-0.1, -0.05) is 29.8 Å². The maximum absolute atomic E-state index is 12.4.